The van der Waals surface area contributed by atoms with Gasteiger partial charge in [0.05, 0.1) is 25.1 Å². The lowest BCUT2D eigenvalue weighted by atomic mass is 9.74. The van der Waals surface area contributed by atoms with Gasteiger partial charge in [0.1, 0.15) is 5.41 Å². The number of Topliss-reactive ketones (excluding diaryl/α,β-unsaturated/α-hetero) is 1. The molecule has 1 unspecified atom stereocenters. The molecule has 2 aromatic carbocycles. The number of carbonyl (C=O) groups is 2. The molecule has 0 N–H and O–H groups in total. The molecule has 3 rings (SSSR count). The number of fused-ring (bicyclic) bond motifs is 1. The molecular formula is C22H17BrN2O3. The van der Waals surface area contributed by atoms with Crippen LogP contribution in [0.4, 0.5) is 0 Å². The van der Waals surface area contributed by atoms with Crippen LogP contribution in [-0.4, -0.2) is 23.8 Å². The van der Waals surface area contributed by atoms with Gasteiger partial charge in [-0.15, -0.1) is 0 Å². The van der Waals surface area contributed by atoms with Crippen molar-refractivity contribution in [1.82, 2.24) is 4.98 Å². The topological polar surface area (TPSA) is 80.1 Å². The third kappa shape index (κ3) is 3.67. The number of nitrogens with zero attached hydrogens (tertiary/aromatic N) is 2. The molecule has 0 bridgehead atoms. The van der Waals surface area contributed by atoms with Gasteiger partial charge in [0, 0.05) is 27.5 Å². The van der Waals surface area contributed by atoms with Gasteiger partial charge in [-0.05, 0) is 18.2 Å². The number of para-hydroxylation sites is 1. The van der Waals surface area contributed by atoms with Gasteiger partial charge >= 0.3 is 5.97 Å². The summed E-state index contributed by atoms with van der Waals surface area (Å²) in [6.07, 6.45) is -0.341. The van der Waals surface area contributed by atoms with Gasteiger partial charge in [0.15, 0.2) is 5.78 Å². The number of halogens is 1. The van der Waals surface area contributed by atoms with Crippen molar-refractivity contribution < 1.29 is 14.3 Å². The predicted molar refractivity (Wildman–Crippen MR) is 109 cm³/mol. The fourth-order valence-corrected chi connectivity index (χ4v) is 3.67. The Hall–Kier alpha value is -3.04. The highest BCUT2D eigenvalue weighted by molar-refractivity contribution is 9.10. The molecule has 140 valence electrons. The van der Waals surface area contributed by atoms with Gasteiger partial charge in [-0.25, -0.2) is 0 Å². The highest BCUT2D eigenvalue weighted by Gasteiger charge is 2.48. The summed E-state index contributed by atoms with van der Waals surface area (Å²) in [6, 6.07) is 20.0. The van der Waals surface area contributed by atoms with E-state index in [1.54, 1.807) is 30.3 Å². The van der Waals surface area contributed by atoms with Gasteiger partial charge in [-0.3, -0.25) is 14.6 Å². The lowest BCUT2D eigenvalue weighted by molar-refractivity contribution is -0.149. The van der Waals surface area contributed by atoms with Crippen LogP contribution < -0.4 is 0 Å². The average Bonchev–Trinajstić information content (AvgIpc) is 2.72. The van der Waals surface area contributed by atoms with Crippen molar-refractivity contribution in [2.45, 2.75) is 12.8 Å². The predicted octanol–water partition coefficient (Wildman–Crippen LogP) is 4.50. The third-order valence-corrected chi connectivity index (χ3v) is 5.34. The molecule has 0 aliphatic carbocycles. The van der Waals surface area contributed by atoms with E-state index in [0.717, 1.165) is 10.9 Å². The van der Waals surface area contributed by atoms with Crippen LogP contribution >= 0.6 is 15.9 Å². The number of carbonyl (C=O) groups excluding carboxylic acids is 2. The normalized spacial score (nSPS) is 12.8. The van der Waals surface area contributed by atoms with E-state index in [4.69, 9.17) is 4.74 Å². The van der Waals surface area contributed by atoms with Crippen LogP contribution in [0.25, 0.3) is 10.9 Å². The first kappa shape index (κ1) is 19.7. The number of ketones is 1. The molecule has 6 heteroatoms. The Morgan fingerprint density at radius 3 is 2.54 bits per heavy atom. The molecule has 0 radical (unpaired) electrons. The summed E-state index contributed by atoms with van der Waals surface area (Å²) in [5, 5.41) is 10.4. The van der Waals surface area contributed by atoms with E-state index < -0.39 is 17.2 Å². The number of methoxy groups -OCH3 is 1. The van der Waals surface area contributed by atoms with Crippen LogP contribution in [0.2, 0.25) is 0 Å². The molecule has 0 aliphatic heterocycles. The van der Waals surface area contributed by atoms with Crippen LogP contribution in [-0.2, 0) is 16.0 Å². The van der Waals surface area contributed by atoms with Gasteiger partial charge in [-0.2, -0.15) is 5.26 Å². The number of hydrogen-bond donors (Lipinski definition) is 0. The lowest BCUT2D eigenvalue weighted by Gasteiger charge is -2.27. The SMILES string of the molecule is COC(=O)C(CC#N)(Cc1ccc2ccccc2n1)C(=O)c1ccccc1Br. The molecule has 0 saturated carbocycles. The fourth-order valence-electron chi connectivity index (χ4n) is 3.21. The molecule has 0 amide bonds. The molecule has 28 heavy (non-hydrogen) atoms. The van der Waals surface area contributed by atoms with E-state index in [0.29, 0.717) is 15.7 Å². The molecular weight excluding hydrogens is 420 g/mol. The van der Waals surface area contributed by atoms with Crippen molar-refractivity contribution in [3.63, 3.8) is 0 Å². The molecule has 0 fully saturated rings. The molecule has 0 aliphatic rings. The lowest BCUT2D eigenvalue weighted by Crippen LogP contribution is -2.42. The summed E-state index contributed by atoms with van der Waals surface area (Å²) in [5.41, 5.74) is -0.0595. The second-order valence-electron chi connectivity index (χ2n) is 6.39. The van der Waals surface area contributed by atoms with E-state index >= 15 is 0 Å². The Morgan fingerprint density at radius 2 is 1.82 bits per heavy atom. The number of nitriles is 1. The summed E-state index contributed by atoms with van der Waals surface area (Å²) in [6.45, 7) is 0. The van der Waals surface area contributed by atoms with Crippen molar-refractivity contribution in [2.75, 3.05) is 7.11 Å². The molecule has 0 spiro atoms. The number of aromatic nitrogens is 1. The average molecular weight is 437 g/mol. The van der Waals surface area contributed by atoms with Gasteiger partial charge in [0.2, 0.25) is 0 Å². The van der Waals surface area contributed by atoms with Crippen LogP contribution in [0.3, 0.4) is 0 Å². The summed E-state index contributed by atoms with van der Waals surface area (Å²) in [5.74, 6) is -1.21. The van der Waals surface area contributed by atoms with E-state index in [2.05, 4.69) is 20.9 Å². The summed E-state index contributed by atoms with van der Waals surface area (Å²) >= 11 is 3.36. The van der Waals surface area contributed by atoms with Gasteiger partial charge < -0.3 is 4.74 Å². The quantitative estimate of drug-likeness (QED) is 0.322. The maximum Gasteiger partial charge on any atom is 0.321 e. The second kappa shape index (κ2) is 8.32. The minimum atomic E-state index is -1.68. The van der Waals surface area contributed by atoms with E-state index in [9.17, 15) is 14.9 Å². The van der Waals surface area contributed by atoms with Crippen LogP contribution in [0, 0.1) is 16.7 Å². The zero-order valence-electron chi connectivity index (χ0n) is 15.2. The Balaban J connectivity index is 2.12. The van der Waals surface area contributed by atoms with Crippen molar-refractivity contribution in [2.24, 2.45) is 5.41 Å². The van der Waals surface area contributed by atoms with Crippen molar-refractivity contribution in [3.8, 4) is 6.07 Å². The van der Waals surface area contributed by atoms with E-state index in [1.165, 1.54) is 7.11 Å². The minimum Gasteiger partial charge on any atom is -0.468 e. The molecule has 3 aromatic rings. The highest BCUT2D eigenvalue weighted by Crippen LogP contribution is 2.35. The highest BCUT2D eigenvalue weighted by atomic mass is 79.9. The largest absolute Gasteiger partial charge is 0.468 e. The Morgan fingerprint density at radius 1 is 1.11 bits per heavy atom. The number of benzene rings is 2. The number of ether oxygens (including phenoxy) is 1. The molecule has 1 aromatic heterocycles. The van der Waals surface area contributed by atoms with Crippen LogP contribution in [0.5, 0.6) is 0 Å². The Bertz CT molecular complexity index is 1090. The number of pyridine rings is 1. The zero-order valence-corrected chi connectivity index (χ0v) is 16.8. The number of rotatable bonds is 6. The molecule has 5 nitrogen and oxygen atoms in total. The zero-order chi connectivity index (χ0) is 20.1. The standard InChI is InChI=1S/C22H17BrN2O3/c1-28-21(27)22(12-13-24,20(26)17-7-3-4-8-18(17)23)14-16-11-10-15-6-2-5-9-19(15)25-16/h2-11H,12,14H2,1H3. The van der Waals surface area contributed by atoms with Crippen LogP contribution in [0.15, 0.2) is 65.1 Å². The molecule has 1 atom stereocenters. The maximum absolute atomic E-state index is 13.4. The van der Waals surface area contributed by atoms with Crippen molar-refractivity contribution in [1.29, 1.82) is 5.26 Å². The smallest absolute Gasteiger partial charge is 0.321 e. The van der Waals surface area contributed by atoms with Gasteiger partial charge in [-0.1, -0.05) is 58.4 Å². The number of esters is 1. The summed E-state index contributed by atoms with van der Waals surface area (Å²) < 4.78 is 5.51. The fraction of sp³-hybridized carbons (Fsp3) is 0.182. The Labute approximate surface area is 171 Å². The van der Waals surface area contributed by atoms with Crippen molar-refractivity contribution in [3.05, 3.63) is 76.4 Å². The number of hydrogen-bond acceptors (Lipinski definition) is 5. The summed E-state index contributed by atoms with van der Waals surface area (Å²) in [4.78, 5) is 30.8. The van der Waals surface area contributed by atoms with Gasteiger partial charge in [0.25, 0.3) is 0 Å². The molecule has 0 saturated heterocycles. The maximum atomic E-state index is 13.4. The Kier molecular flexibility index (Phi) is 5.86. The first-order valence-electron chi connectivity index (χ1n) is 8.61. The second-order valence-corrected chi connectivity index (χ2v) is 7.24. The third-order valence-electron chi connectivity index (χ3n) is 4.65. The first-order valence-corrected chi connectivity index (χ1v) is 9.40. The monoisotopic (exact) mass is 436 g/mol. The van der Waals surface area contributed by atoms with E-state index in [-0.39, 0.29) is 12.8 Å². The van der Waals surface area contributed by atoms with E-state index in [1.807, 2.05) is 36.4 Å². The van der Waals surface area contributed by atoms with Crippen molar-refractivity contribution >= 4 is 38.6 Å². The molecule has 1 heterocycles. The summed E-state index contributed by atoms with van der Waals surface area (Å²) in [7, 11) is 1.22. The first-order chi connectivity index (χ1) is 13.5. The van der Waals surface area contributed by atoms with Crippen LogP contribution in [0.1, 0.15) is 22.5 Å². The minimum absolute atomic E-state index is 0.0295.